The first-order valence-corrected chi connectivity index (χ1v) is 4.11. The molecule has 4 nitrogen and oxygen atoms in total. The molecule has 0 saturated heterocycles. The van der Waals surface area contributed by atoms with Crippen LogP contribution in [0.4, 0.5) is 0 Å². The van der Waals surface area contributed by atoms with Gasteiger partial charge in [-0.05, 0) is 12.3 Å². The summed E-state index contributed by atoms with van der Waals surface area (Å²) in [5.41, 5.74) is 2.69. The van der Waals surface area contributed by atoms with Crippen molar-refractivity contribution in [1.82, 2.24) is 10.7 Å². The van der Waals surface area contributed by atoms with Crippen molar-refractivity contribution in [3.8, 4) is 0 Å². The van der Waals surface area contributed by atoms with Gasteiger partial charge >= 0.3 is 0 Å². The van der Waals surface area contributed by atoms with Crippen LogP contribution in [0.3, 0.4) is 0 Å². The van der Waals surface area contributed by atoms with E-state index in [1.165, 1.54) is 0 Å². The largest absolute Gasteiger partial charge is 0.352 e. The molecule has 0 radical (unpaired) electrons. The molecule has 0 fully saturated rings. The van der Waals surface area contributed by atoms with Gasteiger partial charge in [0.05, 0.1) is 0 Å². The zero-order valence-corrected chi connectivity index (χ0v) is 8.60. The number of hydrogen-bond donors (Lipinski definition) is 3. The third-order valence-electron chi connectivity index (χ3n) is 2.01. The van der Waals surface area contributed by atoms with Crippen molar-refractivity contribution in [3.05, 3.63) is 0 Å². The molecule has 0 aliphatic carbocycles. The summed E-state index contributed by atoms with van der Waals surface area (Å²) in [4.78, 5) is 3.93. The van der Waals surface area contributed by atoms with Gasteiger partial charge in [0.25, 0.3) is 0 Å². The van der Waals surface area contributed by atoms with E-state index in [1.807, 2.05) is 0 Å². The molecule has 0 rings (SSSR count). The van der Waals surface area contributed by atoms with Crippen LogP contribution in [0.2, 0.25) is 0 Å². The topological polar surface area (TPSA) is 62.4 Å². The minimum absolute atomic E-state index is 0.201. The second-order valence-corrected chi connectivity index (χ2v) is 3.95. The van der Waals surface area contributed by atoms with Gasteiger partial charge in [-0.1, -0.05) is 20.8 Å². The minimum Gasteiger partial charge on any atom is -0.352 e. The second-order valence-electron chi connectivity index (χ2n) is 3.95. The predicted octanol–water partition coefficient (Wildman–Crippen LogP) is 0.460. The van der Waals surface area contributed by atoms with E-state index >= 15 is 0 Å². The number of nitrogens with two attached hydrogens (primary N) is 1. The molecule has 0 saturated carbocycles. The van der Waals surface area contributed by atoms with Gasteiger partial charge in [0.1, 0.15) is 0 Å². The zero-order valence-electron chi connectivity index (χ0n) is 8.60. The van der Waals surface area contributed by atoms with Gasteiger partial charge in [0, 0.05) is 13.1 Å². The molecule has 0 aromatic rings. The smallest absolute Gasteiger partial charge is 0.205 e. The molecule has 72 valence electrons. The van der Waals surface area contributed by atoms with Gasteiger partial charge in [-0.25, -0.2) is 5.84 Å². The van der Waals surface area contributed by atoms with E-state index in [0.29, 0.717) is 12.0 Å². The van der Waals surface area contributed by atoms with E-state index in [-0.39, 0.29) is 5.41 Å². The van der Waals surface area contributed by atoms with E-state index in [9.17, 15) is 0 Å². The van der Waals surface area contributed by atoms with Crippen LogP contribution < -0.4 is 16.6 Å². The lowest BCUT2D eigenvalue weighted by molar-refractivity contribution is 0.314. The van der Waals surface area contributed by atoms with Crippen molar-refractivity contribution in [3.63, 3.8) is 0 Å². The Morgan fingerprint density at radius 2 is 1.92 bits per heavy atom. The van der Waals surface area contributed by atoms with Crippen LogP contribution in [0.25, 0.3) is 0 Å². The number of hydrogen-bond acceptors (Lipinski definition) is 2. The maximum Gasteiger partial charge on any atom is 0.205 e. The fourth-order valence-electron chi connectivity index (χ4n) is 0.592. The molecule has 0 heterocycles. The maximum absolute atomic E-state index is 5.23. The number of nitrogens with zero attached hydrogens (tertiary/aromatic N) is 1. The van der Waals surface area contributed by atoms with Gasteiger partial charge < -0.3 is 5.32 Å². The normalized spacial score (nSPS) is 15.7. The monoisotopic (exact) mass is 172 g/mol. The van der Waals surface area contributed by atoms with Crippen LogP contribution >= 0.6 is 0 Å². The quantitative estimate of drug-likeness (QED) is 0.233. The van der Waals surface area contributed by atoms with Gasteiger partial charge in [0.2, 0.25) is 5.96 Å². The standard InChI is InChI=1S/C8H20N4/c1-6(8(2,3)4)11-7(10-5)12-9/h6H,9H2,1-5H3,(H2,10,11,12). The van der Waals surface area contributed by atoms with Gasteiger partial charge in [-0.3, -0.25) is 10.4 Å². The number of aliphatic imine (C=N–C) groups is 1. The second kappa shape index (κ2) is 4.30. The summed E-state index contributed by atoms with van der Waals surface area (Å²) in [5.74, 6) is 5.85. The predicted molar refractivity (Wildman–Crippen MR) is 52.7 cm³/mol. The highest BCUT2D eigenvalue weighted by atomic mass is 15.3. The summed E-state index contributed by atoms with van der Waals surface area (Å²) < 4.78 is 0. The molecule has 1 atom stereocenters. The average Bonchev–Trinajstić information content (AvgIpc) is 1.97. The average molecular weight is 172 g/mol. The lowest BCUT2D eigenvalue weighted by Gasteiger charge is -2.28. The number of hydrazine groups is 1. The summed E-state index contributed by atoms with van der Waals surface area (Å²) in [6.45, 7) is 8.58. The molecule has 1 unspecified atom stereocenters. The van der Waals surface area contributed by atoms with E-state index in [0.717, 1.165) is 0 Å². The first-order valence-electron chi connectivity index (χ1n) is 4.11. The van der Waals surface area contributed by atoms with E-state index in [1.54, 1.807) is 7.05 Å². The summed E-state index contributed by atoms with van der Waals surface area (Å²) in [5, 5.41) is 3.17. The molecule has 0 aliphatic rings. The van der Waals surface area contributed by atoms with Crippen LogP contribution in [0.5, 0.6) is 0 Å². The fourth-order valence-corrected chi connectivity index (χ4v) is 0.592. The highest BCUT2D eigenvalue weighted by Gasteiger charge is 2.20. The Hall–Kier alpha value is -0.770. The van der Waals surface area contributed by atoms with Crippen LogP contribution in [-0.4, -0.2) is 19.0 Å². The lowest BCUT2D eigenvalue weighted by atomic mass is 9.88. The third kappa shape index (κ3) is 3.57. The molecule has 0 aromatic carbocycles. The Labute approximate surface area is 74.6 Å². The number of guanidine groups is 1. The van der Waals surface area contributed by atoms with Crippen molar-refractivity contribution in [2.75, 3.05) is 7.05 Å². The molecule has 4 heteroatoms. The zero-order chi connectivity index (χ0) is 9.78. The number of rotatable bonds is 1. The molecule has 0 aliphatic heterocycles. The van der Waals surface area contributed by atoms with Crippen LogP contribution in [0.15, 0.2) is 4.99 Å². The summed E-state index contributed by atoms with van der Waals surface area (Å²) in [6.07, 6.45) is 0. The highest BCUT2D eigenvalue weighted by molar-refractivity contribution is 5.79. The van der Waals surface area contributed by atoms with Crippen LogP contribution in [-0.2, 0) is 0 Å². The summed E-state index contributed by atoms with van der Waals surface area (Å²) >= 11 is 0. The molecular formula is C8H20N4. The van der Waals surface area contributed by atoms with Gasteiger partial charge in [-0.2, -0.15) is 0 Å². The van der Waals surface area contributed by atoms with Crippen molar-refractivity contribution in [2.45, 2.75) is 33.7 Å². The Kier molecular flexibility index (Phi) is 4.03. The van der Waals surface area contributed by atoms with Gasteiger partial charge in [-0.15, -0.1) is 0 Å². The van der Waals surface area contributed by atoms with Crippen molar-refractivity contribution >= 4 is 5.96 Å². The summed E-state index contributed by atoms with van der Waals surface area (Å²) in [7, 11) is 1.69. The molecular weight excluding hydrogens is 152 g/mol. The van der Waals surface area contributed by atoms with Gasteiger partial charge in [0.15, 0.2) is 0 Å². The Bertz CT molecular complexity index is 157. The SMILES string of the molecule is CN=C(NN)NC(C)C(C)(C)C. The molecule has 12 heavy (non-hydrogen) atoms. The van der Waals surface area contributed by atoms with E-state index < -0.39 is 0 Å². The van der Waals surface area contributed by atoms with Crippen molar-refractivity contribution < 1.29 is 0 Å². The summed E-state index contributed by atoms with van der Waals surface area (Å²) in [6, 6.07) is 0.326. The van der Waals surface area contributed by atoms with Crippen LogP contribution in [0, 0.1) is 5.41 Å². The molecule has 0 aromatic heterocycles. The first kappa shape index (κ1) is 11.2. The Morgan fingerprint density at radius 3 is 2.17 bits per heavy atom. The number of nitrogens with one attached hydrogen (secondary N) is 2. The maximum atomic E-state index is 5.23. The fraction of sp³-hybridized carbons (Fsp3) is 0.875. The van der Waals surface area contributed by atoms with E-state index in [4.69, 9.17) is 5.84 Å². The first-order chi connectivity index (χ1) is 5.41. The molecule has 0 spiro atoms. The molecule has 0 amide bonds. The van der Waals surface area contributed by atoms with Crippen molar-refractivity contribution in [2.24, 2.45) is 16.3 Å². The molecule has 4 N–H and O–H groups in total. The molecule has 0 bridgehead atoms. The van der Waals surface area contributed by atoms with E-state index in [2.05, 4.69) is 43.4 Å². The minimum atomic E-state index is 0.201. The van der Waals surface area contributed by atoms with Crippen molar-refractivity contribution in [1.29, 1.82) is 0 Å². The highest BCUT2D eigenvalue weighted by Crippen LogP contribution is 2.17. The third-order valence-corrected chi connectivity index (χ3v) is 2.01. The van der Waals surface area contributed by atoms with Crippen LogP contribution in [0.1, 0.15) is 27.7 Å². The lowest BCUT2D eigenvalue weighted by Crippen LogP contribution is -2.49. The Morgan fingerprint density at radius 1 is 1.42 bits per heavy atom. The Balaban J connectivity index is 4.09.